The van der Waals surface area contributed by atoms with Gasteiger partial charge in [0.2, 0.25) is 5.91 Å². The molecule has 0 aromatic heterocycles. The van der Waals surface area contributed by atoms with E-state index in [1.807, 2.05) is 23.1 Å². The second kappa shape index (κ2) is 10.7. The summed E-state index contributed by atoms with van der Waals surface area (Å²) in [6.45, 7) is 2.30. The van der Waals surface area contributed by atoms with E-state index in [0.29, 0.717) is 12.5 Å². The molecule has 0 radical (unpaired) electrons. The van der Waals surface area contributed by atoms with Crippen molar-refractivity contribution in [2.45, 2.75) is 44.7 Å². The van der Waals surface area contributed by atoms with Crippen LogP contribution >= 0.6 is 24.0 Å². The van der Waals surface area contributed by atoms with Gasteiger partial charge in [-0.1, -0.05) is 25.0 Å². The lowest BCUT2D eigenvalue weighted by molar-refractivity contribution is -0.134. The largest absolute Gasteiger partial charge is 0.497 e. The maximum absolute atomic E-state index is 12.6. The molecule has 0 bridgehead atoms. The highest BCUT2D eigenvalue weighted by Crippen LogP contribution is 2.27. The quantitative estimate of drug-likeness (QED) is 0.382. The number of benzene rings is 1. The highest BCUT2D eigenvalue weighted by atomic mass is 127. The molecule has 6 nitrogen and oxygen atoms in total. The summed E-state index contributed by atoms with van der Waals surface area (Å²) >= 11 is 0. The average Bonchev–Trinajstić information content (AvgIpc) is 3.36. The van der Waals surface area contributed by atoms with Crippen molar-refractivity contribution in [1.82, 2.24) is 15.5 Å². The van der Waals surface area contributed by atoms with E-state index in [9.17, 15) is 4.79 Å². The van der Waals surface area contributed by atoms with Crippen LogP contribution in [0.15, 0.2) is 29.3 Å². The fourth-order valence-corrected chi connectivity index (χ4v) is 3.87. The maximum atomic E-state index is 12.6. The second-order valence-electron chi connectivity index (χ2n) is 7.17. The monoisotopic (exact) mass is 486 g/mol. The van der Waals surface area contributed by atoms with Crippen LogP contribution in [0.5, 0.6) is 5.75 Å². The first-order chi connectivity index (χ1) is 12.7. The van der Waals surface area contributed by atoms with Gasteiger partial charge in [0.1, 0.15) is 5.75 Å². The normalized spacial score (nSPS) is 20.3. The van der Waals surface area contributed by atoms with Crippen LogP contribution in [0.4, 0.5) is 0 Å². The molecule has 1 heterocycles. The number of nitrogens with zero attached hydrogens (tertiary/aromatic N) is 2. The zero-order chi connectivity index (χ0) is 18.4. The van der Waals surface area contributed by atoms with Crippen LogP contribution in [0, 0.1) is 5.92 Å². The van der Waals surface area contributed by atoms with Gasteiger partial charge in [0.05, 0.1) is 7.11 Å². The Hall–Kier alpha value is -1.51. The first-order valence-corrected chi connectivity index (χ1v) is 9.58. The molecular formula is C20H31IN4O2. The van der Waals surface area contributed by atoms with Gasteiger partial charge < -0.3 is 20.3 Å². The van der Waals surface area contributed by atoms with Crippen LogP contribution in [-0.2, 0) is 11.3 Å². The van der Waals surface area contributed by atoms with E-state index in [1.165, 1.54) is 12.8 Å². The Morgan fingerprint density at radius 2 is 2.07 bits per heavy atom. The molecule has 1 unspecified atom stereocenters. The van der Waals surface area contributed by atoms with Crippen molar-refractivity contribution < 1.29 is 9.53 Å². The van der Waals surface area contributed by atoms with E-state index in [0.717, 1.165) is 49.6 Å². The molecule has 7 heteroatoms. The number of nitrogens with one attached hydrogen (secondary N) is 2. The average molecular weight is 486 g/mol. The molecule has 0 spiro atoms. The minimum absolute atomic E-state index is 0. The molecule has 1 aromatic rings. The number of guanidine groups is 1. The number of rotatable bonds is 5. The summed E-state index contributed by atoms with van der Waals surface area (Å²) in [6, 6.07) is 8.25. The van der Waals surface area contributed by atoms with Gasteiger partial charge in [-0.05, 0) is 37.0 Å². The van der Waals surface area contributed by atoms with E-state index in [4.69, 9.17) is 4.74 Å². The molecule has 150 valence electrons. The summed E-state index contributed by atoms with van der Waals surface area (Å²) in [4.78, 5) is 18.9. The maximum Gasteiger partial charge on any atom is 0.225 e. The summed E-state index contributed by atoms with van der Waals surface area (Å²) in [5.74, 6) is 2.24. The lowest BCUT2D eigenvalue weighted by Crippen LogP contribution is -2.45. The first-order valence-electron chi connectivity index (χ1n) is 9.58. The van der Waals surface area contributed by atoms with Crippen molar-refractivity contribution in [3.8, 4) is 5.75 Å². The summed E-state index contributed by atoms with van der Waals surface area (Å²) in [5.41, 5.74) is 1.14. The molecule has 1 aliphatic heterocycles. The molecule has 2 N–H and O–H groups in total. The molecule has 1 saturated heterocycles. The third kappa shape index (κ3) is 5.99. The van der Waals surface area contributed by atoms with Crippen LogP contribution in [0.25, 0.3) is 0 Å². The van der Waals surface area contributed by atoms with E-state index in [-0.39, 0.29) is 35.9 Å². The number of aliphatic imine (C=N–C) groups is 1. The minimum Gasteiger partial charge on any atom is -0.497 e. The Morgan fingerprint density at radius 1 is 1.30 bits per heavy atom. The zero-order valence-electron chi connectivity index (χ0n) is 16.2. The molecule has 1 saturated carbocycles. The van der Waals surface area contributed by atoms with Gasteiger partial charge in [0.15, 0.2) is 5.96 Å². The lowest BCUT2D eigenvalue weighted by atomic mass is 10.1. The third-order valence-corrected chi connectivity index (χ3v) is 5.36. The molecule has 1 aliphatic carbocycles. The number of carbonyl (C=O) groups is 1. The Labute approximate surface area is 179 Å². The van der Waals surface area contributed by atoms with Crippen molar-refractivity contribution in [3.63, 3.8) is 0 Å². The van der Waals surface area contributed by atoms with E-state index in [2.05, 4.69) is 21.7 Å². The van der Waals surface area contributed by atoms with Gasteiger partial charge in [-0.3, -0.25) is 9.79 Å². The summed E-state index contributed by atoms with van der Waals surface area (Å²) < 4.78 is 5.26. The predicted octanol–water partition coefficient (Wildman–Crippen LogP) is 2.77. The van der Waals surface area contributed by atoms with Gasteiger partial charge in [-0.15, -0.1) is 24.0 Å². The number of ether oxygens (including phenoxy) is 1. The Bertz CT molecular complexity index is 647. The van der Waals surface area contributed by atoms with Crippen molar-refractivity contribution in [3.05, 3.63) is 29.8 Å². The smallest absolute Gasteiger partial charge is 0.225 e. The van der Waals surface area contributed by atoms with Crippen LogP contribution in [0.2, 0.25) is 0 Å². The van der Waals surface area contributed by atoms with Gasteiger partial charge in [0, 0.05) is 38.6 Å². The van der Waals surface area contributed by atoms with E-state index in [1.54, 1.807) is 14.2 Å². The SMILES string of the molecule is CN=C(NCc1cccc(OC)c1)NC1CCN(C(=O)C2CCCC2)C1.I. The third-order valence-electron chi connectivity index (χ3n) is 5.36. The van der Waals surface area contributed by atoms with Crippen molar-refractivity contribution in [1.29, 1.82) is 0 Å². The van der Waals surface area contributed by atoms with Crippen LogP contribution < -0.4 is 15.4 Å². The van der Waals surface area contributed by atoms with Crippen LogP contribution in [0.1, 0.15) is 37.7 Å². The highest BCUT2D eigenvalue weighted by Gasteiger charge is 2.32. The van der Waals surface area contributed by atoms with Gasteiger partial charge >= 0.3 is 0 Å². The van der Waals surface area contributed by atoms with E-state index < -0.39 is 0 Å². The van der Waals surface area contributed by atoms with Crippen molar-refractivity contribution in [2.24, 2.45) is 10.9 Å². The first kappa shape index (κ1) is 21.8. The second-order valence-corrected chi connectivity index (χ2v) is 7.17. The fourth-order valence-electron chi connectivity index (χ4n) is 3.87. The number of halogens is 1. The molecule has 27 heavy (non-hydrogen) atoms. The fraction of sp³-hybridized carbons (Fsp3) is 0.600. The molecule has 1 aromatic carbocycles. The number of carbonyl (C=O) groups excluding carboxylic acids is 1. The Kier molecular flexibility index (Phi) is 8.66. The standard InChI is InChI=1S/C20H30N4O2.HI/c1-21-20(22-13-15-6-5-9-18(12-15)26-2)23-17-10-11-24(14-17)19(25)16-7-3-4-8-16;/h5-6,9,12,16-17H,3-4,7-8,10-11,13-14H2,1-2H3,(H2,21,22,23);1H. The number of hydrogen-bond donors (Lipinski definition) is 2. The van der Waals surface area contributed by atoms with Gasteiger partial charge in [-0.25, -0.2) is 0 Å². The van der Waals surface area contributed by atoms with Crippen molar-refractivity contribution >= 4 is 35.8 Å². The summed E-state index contributed by atoms with van der Waals surface area (Å²) in [6.07, 6.45) is 5.51. The number of likely N-dealkylation sites (tertiary alicyclic amines) is 1. The molecule has 3 rings (SSSR count). The van der Waals surface area contributed by atoms with E-state index >= 15 is 0 Å². The summed E-state index contributed by atoms with van der Waals surface area (Å²) in [7, 11) is 3.45. The Balaban J connectivity index is 0.00000261. The molecule has 2 fully saturated rings. The van der Waals surface area contributed by atoms with Gasteiger partial charge in [-0.2, -0.15) is 0 Å². The molecule has 2 aliphatic rings. The number of hydrogen-bond acceptors (Lipinski definition) is 3. The zero-order valence-corrected chi connectivity index (χ0v) is 18.6. The summed E-state index contributed by atoms with van der Waals surface area (Å²) in [5, 5.41) is 6.80. The van der Waals surface area contributed by atoms with Crippen LogP contribution in [-0.4, -0.2) is 50.1 Å². The van der Waals surface area contributed by atoms with Gasteiger partial charge in [0.25, 0.3) is 0 Å². The lowest BCUT2D eigenvalue weighted by Gasteiger charge is -2.21. The molecular weight excluding hydrogens is 455 g/mol. The van der Waals surface area contributed by atoms with Crippen LogP contribution in [0.3, 0.4) is 0 Å². The molecule has 1 amide bonds. The minimum atomic E-state index is 0. The number of amides is 1. The molecule has 1 atom stereocenters. The highest BCUT2D eigenvalue weighted by molar-refractivity contribution is 14.0. The van der Waals surface area contributed by atoms with Crippen molar-refractivity contribution in [2.75, 3.05) is 27.2 Å². The topological polar surface area (TPSA) is 66.0 Å². The predicted molar refractivity (Wildman–Crippen MR) is 119 cm³/mol. The Morgan fingerprint density at radius 3 is 2.78 bits per heavy atom. The number of methoxy groups -OCH3 is 1.